The second-order valence-electron chi connectivity index (χ2n) is 13.1. The van der Waals surface area contributed by atoms with Crippen molar-refractivity contribution < 1.29 is 43.5 Å². The van der Waals surface area contributed by atoms with E-state index in [1.165, 1.54) is 0 Å². The molecule has 20 heteroatoms. The fourth-order valence-corrected chi connectivity index (χ4v) is 7.23. The van der Waals surface area contributed by atoms with Crippen molar-refractivity contribution in [3.63, 3.8) is 0 Å². The van der Waals surface area contributed by atoms with Gasteiger partial charge in [-0.15, -0.1) is 11.8 Å². The van der Waals surface area contributed by atoms with E-state index in [-0.39, 0.29) is 31.1 Å². The minimum Gasteiger partial charge on any atom is -0.391 e. The number of likely N-dealkylation sites (tertiary alicyclic amines) is 1. The Kier molecular flexibility index (Phi) is 13.8. The Bertz CT molecular complexity index is 1750. The quantitative estimate of drug-likeness (QED) is 0.124. The molecule has 0 spiro atoms. The lowest BCUT2D eigenvalue weighted by Gasteiger charge is -2.28. The summed E-state index contributed by atoms with van der Waals surface area (Å²) >= 11 is 1.09. The van der Waals surface area contributed by atoms with E-state index in [1.54, 1.807) is 32.0 Å². The predicted molar refractivity (Wildman–Crippen MR) is 191 cm³/mol. The van der Waals surface area contributed by atoms with Crippen LogP contribution in [0, 0.1) is 5.92 Å². The third kappa shape index (κ3) is 10.4. The monoisotopic (exact) mass is 758 g/mol. The number of hydrogen-bond donors (Lipinski definition) is 10. The lowest BCUT2D eigenvalue weighted by Crippen LogP contribution is -2.58. The number of benzene rings is 1. The minimum atomic E-state index is -1.60. The van der Waals surface area contributed by atoms with Gasteiger partial charge in [-0.3, -0.25) is 38.4 Å². The zero-order valence-corrected chi connectivity index (χ0v) is 30.1. The number of β-amino-alcohol motifs (C(OH)–C–C–N with tert-alkyl or cyclic N) is 1. The average Bonchev–Trinajstić information content (AvgIpc) is 3.68. The van der Waals surface area contributed by atoms with Gasteiger partial charge in [-0.1, -0.05) is 38.5 Å². The Balaban J connectivity index is 1.67. The van der Waals surface area contributed by atoms with Crippen molar-refractivity contribution in [2.24, 2.45) is 23.1 Å². The number of rotatable bonds is 8. The molecule has 2 aliphatic heterocycles. The number of H-pyrrole nitrogens is 1. The van der Waals surface area contributed by atoms with E-state index in [2.05, 4.69) is 31.6 Å². The van der Waals surface area contributed by atoms with Gasteiger partial charge in [-0.05, 0) is 24.0 Å². The van der Waals surface area contributed by atoms with Crippen LogP contribution in [-0.4, -0.2) is 124 Å². The summed E-state index contributed by atoms with van der Waals surface area (Å²) in [4.78, 5) is 108. The zero-order chi connectivity index (χ0) is 39.0. The van der Waals surface area contributed by atoms with Gasteiger partial charge in [0.05, 0.1) is 36.7 Å². The van der Waals surface area contributed by atoms with Crippen LogP contribution < -0.4 is 43.8 Å². The number of aromatic amines is 1. The Morgan fingerprint density at radius 3 is 2.34 bits per heavy atom. The highest BCUT2D eigenvalue weighted by Gasteiger charge is 2.41. The van der Waals surface area contributed by atoms with Gasteiger partial charge in [-0.25, -0.2) is 0 Å². The summed E-state index contributed by atoms with van der Waals surface area (Å²) in [5.41, 5.74) is 18.5. The van der Waals surface area contributed by atoms with Gasteiger partial charge in [0.25, 0.3) is 0 Å². The van der Waals surface area contributed by atoms with Crippen molar-refractivity contribution in [1.82, 2.24) is 36.5 Å². The number of carbonyl (C=O) groups excluding carboxylic acids is 8. The number of carbonyl (C=O) groups is 8. The number of aromatic nitrogens is 1. The summed E-state index contributed by atoms with van der Waals surface area (Å²) in [5, 5.41) is 24.0. The minimum absolute atomic E-state index is 0.0127. The molecule has 1 aromatic heterocycles. The van der Waals surface area contributed by atoms with E-state index in [1.807, 2.05) is 6.07 Å². The van der Waals surface area contributed by atoms with Crippen molar-refractivity contribution >= 4 is 69.9 Å². The highest BCUT2D eigenvalue weighted by atomic mass is 32.2. The molecule has 13 N–H and O–H groups in total. The number of amides is 8. The molecule has 4 rings (SSSR count). The standard InChI is InChI=1S/C33H46N10O9S/c1-3-15(2)27-31(51)38-11-25(46)39-22(30(50)40-21(10-24(35)45)33(52)43-13-16(44)8-23(43)28(36)48)14-53-32-18(17-6-4-5-7-20(17)41-32)9-19(34)29(49)37-12-26(47)42-27/h4-7,15-16,19,21-23,27,41,44H,3,8-14,34H2,1-2H3,(H2,35,45)(H2,36,48)(H,37,49)(H,38,51)(H,39,46)(H,40,50)(H,42,47)/t15-,16+,19+,21-,22-,23-,27-/m0/s1. The normalized spacial score (nSPS) is 24.7. The lowest BCUT2D eigenvalue weighted by atomic mass is 9.98. The number of para-hydroxylation sites is 1. The van der Waals surface area contributed by atoms with Gasteiger partial charge in [0.15, 0.2) is 0 Å². The van der Waals surface area contributed by atoms with Crippen molar-refractivity contribution in [3.05, 3.63) is 29.8 Å². The summed E-state index contributed by atoms with van der Waals surface area (Å²) < 4.78 is 0. The van der Waals surface area contributed by atoms with E-state index in [0.717, 1.165) is 22.0 Å². The first kappa shape index (κ1) is 40.6. The van der Waals surface area contributed by atoms with E-state index < -0.39 is 103 Å². The van der Waals surface area contributed by atoms with Crippen LogP contribution in [0.1, 0.15) is 38.7 Å². The first-order valence-electron chi connectivity index (χ1n) is 17.1. The van der Waals surface area contributed by atoms with Crippen molar-refractivity contribution in [3.8, 4) is 0 Å². The van der Waals surface area contributed by atoms with E-state index in [0.29, 0.717) is 22.5 Å². The van der Waals surface area contributed by atoms with Gasteiger partial charge in [0.2, 0.25) is 47.3 Å². The Hall–Kier alpha value is -5.21. The Morgan fingerprint density at radius 2 is 1.68 bits per heavy atom. The average molecular weight is 759 g/mol. The highest BCUT2D eigenvalue weighted by Crippen LogP contribution is 2.31. The summed E-state index contributed by atoms with van der Waals surface area (Å²) in [6.45, 7) is 2.20. The fourth-order valence-electron chi connectivity index (χ4n) is 6.11. The van der Waals surface area contributed by atoms with E-state index in [4.69, 9.17) is 17.2 Å². The van der Waals surface area contributed by atoms with Crippen LogP contribution in [0.15, 0.2) is 29.3 Å². The molecule has 0 bridgehead atoms. The molecule has 19 nitrogen and oxygen atoms in total. The first-order chi connectivity index (χ1) is 25.1. The first-order valence-corrected chi connectivity index (χ1v) is 18.1. The van der Waals surface area contributed by atoms with E-state index in [9.17, 15) is 43.5 Å². The van der Waals surface area contributed by atoms with Crippen LogP contribution >= 0.6 is 11.8 Å². The Morgan fingerprint density at radius 1 is 1.02 bits per heavy atom. The van der Waals surface area contributed by atoms with Crippen LogP contribution in [0.3, 0.4) is 0 Å². The van der Waals surface area contributed by atoms with Gasteiger partial charge in [0.1, 0.15) is 24.2 Å². The molecule has 2 aromatic rings. The van der Waals surface area contributed by atoms with Crippen molar-refractivity contribution in [1.29, 1.82) is 0 Å². The van der Waals surface area contributed by atoms with E-state index >= 15 is 0 Å². The Labute approximate surface area is 308 Å². The maximum absolute atomic E-state index is 13.9. The maximum Gasteiger partial charge on any atom is 0.246 e. The van der Waals surface area contributed by atoms with Crippen molar-refractivity contribution in [2.45, 2.75) is 80.9 Å². The predicted octanol–water partition coefficient (Wildman–Crippen LogP) is -3.80. The molecule has 3 heterocycles. The second-order valence-corrected chi connectivity index (χ2v) is 14.1. The van der Waals surface area contributed by atoms with Crippen LogP contribution in [0.25, 0.3) is 10.9 Å². The summed E-state index contributed by atoms with van der Waals surface area (Å²) in [6, 6.07) is 0.823. The van der Waals surface area contributed by atoms with Crippen LogP contribution in [0.5, 0.6) is 0 Å². The molecule has 0 radical (unpaired) electrons. The molecule has 53 heavy (non-hydrogen) atoms. The topological polar surface area (TPSA) is 314 Å². The number of nitrogens with one attached hydrogen (secondary N) is 6. The SMILES string of the molecule is CC[C@H](C)[C@@H]1NC(=O)CNC(=O)[C@H](N)Cc2c([nH]c3ccccc23)SC[C@@H](C(=O)N[C@@H](CC(N)=O)C(=O)N2C[C@H](O)C[C@H]2C(N)=O)NC(=O)CNC1=O. The number of thioether (sulfide) groups is 1. The second kappa shape index (κ2) is 18.0. The molecule has 1 fully saturated rings. The van der Waals surface area contributed by atoms with Crippen LogP contribution in [0.2, 0.25) is 0 Å². The highest BCUT2D eigenvalue weighted by molar-refractivity contribution is 7.99. The zero-order valence-electron chi connectivity index (χ0n) is 29.3. The molecular weight excluding hydrogens is 712 g/mol. The summed E-state index contributed by atoms with van der Waals surface area (Å²) in [6.07, 6.45) is -1.40. The number of nitrogens with zero attached hydrogens (tertiary/aromatic N) is 1. The van der Waals surface area contributed by atoms with Crippen LogP contribution in [0.4, 0.5) is 0 Å². The number of nitrogens with two attached hydrogens (primary N) is 3. The van der Waals surface area contributed by atoms with Crippen LogP contribution in [-0.2, 0) is 44.8 Å². The molecule has 1 saturated heterocycles. The molecule has 288 valence electrons. The molecule has 7 atom stereocenters. The van der Waals surface area contributed by atoms with Gasteiger partial charge >= 0.3 is 0 Å². The third-order valence-electron chi connectivity index (χ3n) is 9.15. The number of primary amides is 2. The number of aliphatic hydroxyl groups excluding tert-OH is 1. The molecule has 0 unspecified atom stereocenters. The number of hydrogen-bond acceptors (Lipinski definition) is 11. The third-order valence-corrected chi connectivity index (χ3v) is 10.3. The number of aliphatic hydroxyl groups is 1. The molecule has 2 aliphatic rings. The summed E-state index contributed by atoms with van der Waals surface area (Å²) in [5.74, 6) is -6.95. The van der Waals surface area contributed by atoms with Gasteiger partial charge in [0, 0.05) is 29.6 Å². The maximum atomic E-state index is 13.9. The van der Waals surface area contributed by atoms with Crippen molar-refractivity contribution in [2.75, 3.05) is 25.4 Å². The molecule has 1 aromatic carbocycles. The fraction of sp³-hybridized carbons (Fsp3) is 0.515. The molecular formula is C33H46N10O9S. The largest absolute Gasteiger partial charge is 0.391 e. The smallest absolute Gasteiger partial charge is 0.246 e. The summed E-state index contributed by atoms with van der Waals surface area (Å²) in [7, 11) is 0. The number of fused-ring (bicyclic) bond motifs is 3. The lowest BCUT2D eigenvalue weighted by molar-refractivity contribution is -0.142. The van der Waals surface area contributed by atoms with Gasteiger partial charge < -0.3 is 58.8 Å². The van der Waals surface area contributed by atoms with Gasteiger partial charge in [-0.2, -0.15) is 0 Å². The molecule has 0 saturated carbocycles. The molecule has 0 aliphatic carbocycles. The molecule has 8 amide bonds.